The molecule has 0 spiro atoms. The van der Waals surface area contributed by atoms with Crippen molar-refractivity contribution in [1.82, 2.24) is 5.32 Å². The van der Waals surface area contributed by atoms with Gasteiger partial charge < -0.3 is 10.4 Å². The number of phenolic OH excluding ortho intramolecular Hbond substituents is 1. The van der Waals surface area contributed by atoms with Gasteiger partial charge in [0, 0.05) is 17.1 Å². The molecular formula is C16H16ClNO2. The summed E-state index contributed by atoms with van der Waals surface area (Å²) in [4.78, 5) is 11.9. The van der Waals surface area contributed by atoms with Crippen molar-refractivity contribution in [3.8, 4) is 5.75 Å². The topological polar surface area (TPSA) is 49.3 Å². The van der Waals surface area contributed by atoms with Gasteiger partial charge in [0.2, 0.25) is 0 Å². The minimum Gasteiger partial charge on any atom is -0.508 e. The van der Waals surface area contributed by atoms with E-state index in [1.54, 1.807) is 36.4 Å². The predicted molar refractivity (Wildman–Crippen MR) is 80.2 cm³/mol. The van der Waals surface area contributed by atoms with E-state index in [0.717, 1.165) is 18.4 Å². The largest absolute Gasteiger partial charge is 0.508 e. The van der Waals surface area contributed by atoms with Crippen molar-refractivity contribution < 1.29 is 9.90 Å². The smallest absolute Gasteiger partial charge is 0.251 e. The molecule has 2 N–H and O–H groups in total. The molecule has 0 heterocycles. The Morgan fingerprint density at radius 3 is 2.60 bits per heavy atom. The first-order valence-corrected chi connectivity index (χ1v) is 6.84. The molecule has 0 aromatic heterocycles. The van der Waals surface area contributed by atoms with Gasteiger partial charge in [-0.15, -0.1) is 0 Å². The number of amides is 1. The van der Waals surface area contributed by atoms with E-state index in [0.29, 0.717) is 17.1 Å². The van der Waals surface area contributed by atoms with E-state index < -0.39 is 0 Å². The Morgan fingerprint density at radius 2 is 1.90 bits per heavy atom. The molecule has 4 heteroatoms. The first-order chi connectivity index (χ1) is 9.65. The lowest BCUT2D eigenvalue weighted by Crippen LogP contribution is -2.24. The van der Waals surface area contributed by atoms with Gasteiger partial charge in [0.25, 0.3) is 5.91 Å². The van der Waals surface area contributed by atoms with E-state index in [1.165, 1.54) is 0 Å². The summed E-state index contributed by atoms with van der Waals surface area (Å²) in [6.07, 6.45) is 1.70. The van der Waals surface area contributed by atoms with Gasteiger partial charge in [0.15, 0.2) is 0 Å². The second kappa shape index (κ2) is 6.96. The van der Waals surface area contributed by atoms with Crippen LogP contribution in [-0.2, 0) is 6.42 Å². The van der Waals surface area contributed by atoms with Crippen LogP contribution >= 0.6 is 11.6 Å². The van der Waals surface area contributed by atoms with Crippen LogP contribution in [0.5, 0.6) is 5.75 Å². The number of phenols is 1. The second-order valence-corrected chi connectivity index (χ2v) is 4.97. The van der Waals surface area contributed by atoms with Gasteiger partial charge in [0.05, 0.1) is 0 Å². The van der Waals surface area contributed by atoms with E-state index in [1.807, 2.05) is 12.1 Å². The molecule has 0 aliphatic carbocycles. The summed E-state index contributed by atoms with van der Waals surface area (Å²) in [7, 11) is 0. The monoisotopic (exact) mass is 289 g/mol. The summed E-state index contributed by atoms with van der Waals surface area (Å²) in [5.74, 6) is 0.154. The molecule has 2 rings (SSSR count). The van der Waals surface area contributed by atoms with Crippen molar-refractivity contribution in [3.05, 3.63) is 64.7 Å². The number of aryl methyl sites for hydroxylation is 1. The van der Waals surface area contributed by atoms with E-state index in [9.17, 15) is 9.90 Å². The van der Waals surface area contributed by atoms with Crippen molar-refractivity contribution >= 4 is 17.5 Å². The number of aromatic hydroxyl groups is 1. The zero-order chi connectivity index (χ0) is 14.4. The number of nitrogens with one attached hydrogen (secondary N) is 1. The zero-order valence-corrected chi connectivity index (χ0v) is 11.7. The van der Waals surface area contributed by atoms with Crippen LogP contribution in [0.2, 0.25) is 5.02 Å². The van der Waals surface area contributed by atoms with E-state index in [2.05, 4.69) is 5.32 Å². The van der Waals surface area contributed by atoms with Crippen LogP contribution in [0.4, 0.5) is 0 Å². The van der Waals surface area contributed by atoms with Gasteiger partial charge in [-0.1, -0.05) is 29.8 Å². The molecule has 2 aromatic carbocycles. The fourth-order valence-electron chi connectivity index (χ4n) is 1.89. The molecule has 0 bridgehead atoms. The fraction of sp³-hybridized carbons (Fsp3) is 0.188. The van der Waals surface area contributed by atoms with Crippen molar-refractivity contribution in [3.63, 3.8) is 0 Å². The normalized spacial score (nSPS) is 10.2. The quantitative estimate of drug-likeness (QED) is 0.829. The summed E-state index contributed by atoms with van der Waals surface area (Å²) >= 11 is 5.84. The molecule has 0 saturated heterocycles. The van der Waals surface area contributed by atoms with Crippen LogP contribution in [-0.4, -0.2) is 17.6 Å². The number of benzene rings is 2. The van der Waals surface area contributed by atoms with Gasteiger partial charge in [-0.3, -0.25) is 4.79 Å². The molecule has 0 fully saturated rings. The van der Waals surface area contributed by atoms with Crippen LogP contribution in [0.1, 0.15) is 22.3 Å². The van der Waals surface area contributed by atoms with Gasteiger partial charge in [-0.2, -0.15) is 0 Å². The predicted octanol–water partition coefficient (Wildman–Crippen LogP) is 3.41. The number of rotatable bonds is 5. The molecule has 0 atom stereocenters. The molecule has 0 unspecified atom stereocenters. The lowest BCUT2D eigenvalue weighted by Gasteiger charge is -2.06. The molecule has 2 aromatic rings. The van der Waals surface area contributed by atoms with E-state index >= 15 is 0 Å². The van der Waals surface area contributed by atoms with Crippen LogP contribution in [0.15, 0.2) is 48.5 Å². The van der Waals surface area contributed by atoms with Gasteiger partial charge in [0.1, 0.15) is 5.75 Å². The molecule has 0 aliphatic heterocycles. The Hall–Kier alpha value is -2.00. The highest BCUT2D eigenvalue weighted by Gasteiger charge is 2.04. The SMILES string of the molecule is O=C(NCCCc1ccc(O)cc1)c1cccc(Cl)c1. The Morgan fingerprint density at radius 1 is 1.15 bits per heavy atom. The van der Waals surface area contributed by atoms with Crippen molar-refractivity contribution in [1.29, 1.82) is 0 Å². The average molecular weight is 290 g/mol. The molecule has 1 amide bonds. The highest BCUT2D eigenvalue weighted by Crippen LogP contribution is 2.12. The van der Waals surface area contributed by atoms with Crippen LogP contribution in [0.3, 0.4) is 0 Å². The highest BCUT2D eigenvalue weighted by molar-refractivity contribution is 6.30. The maximum atomic E-state index is 11.9. The summed E-state index contributed by atoms with van der Waals surface area (Å²) in [6.45, 7) is 0.603. The van der Waals surface area contributed by atoms with Crippen LogP contribution in [0, 0.1) is 0 Å². The molecular weight excluding hydrogens is 274 g/mol. The standard InChI is InChI=1S/C16H16ClNO2/c17-14-5-1-4-13(11-14)16(20)18-10-2-3-12-6-8-15(19)9-7-12/h1,4-9,11,19H,2-3,10H2,(H,18,20). The Kier molecular flexibility index (Phi) is 5.02. The minimum absolute atomic E-state index is 0.113. The van der Waals surface area contributed by atoms with Gasteiger partial charge >= 0.3 is 0 Å². The molecule has 0 aliphatic rings. The molecule has 3 nitrogen and oxygen atoms in total. The maximum Gasteiger partial charge on any atom is 0.251 e. The molecule has 104 valence electrons. The number of hydrogen-bond acceptors (Lipinski definition) is 2. The number of hydrogen-bond donors (Lipinski definition) is 2. The number of carbonyl (C=O) groups excluding carboxylic acids is 1. The summed E-state index contributed by atoms with van der Waals surface area (Å²) in [5, 5.41) is 12.6. The van der Waals surface area contributed by atoms with Crippen molar-refractivity contribution in [2.24, 2.45) is 0 Å². The molecule has 0 radical (unpaired) electrons. The lowest BCUT2D eigenvalue weighted by molar-refractivity contribution is 0.0953. The Balaban J connectivity index is 1.76. The third-order valence-corrected chi connectivity index (χ3v) is 3.19. The first kappa shape index (κ1) is 14.4. The third kappa shape index (κ3) is 4.28. The van der Waals surface area contributed by atoms with Gasteiger partial charge in [-0.25, -0.2) is 0 Å². The van der Waals surface area contributed by atoms with Gasteiger partial charge in [-0.05, 0) is 48.7 Å². The Labute approximate surface area is 123 Å². The summed E-state index contributed by atoms with van der Waals surface area (Å²) in [6, 6.07) is 14.0. The van der Waals surface area contributed by atoms with Crippen molar-refractivity contribution in [2.75, 3.05) is 6.54 Å². The Bertz CT molecular complexity index is 581. The molecule has 0 saturated carbocycles. The summed E-state index contributed by atoms with van der Waals surface area (Å²) < 4.78 is 0. The fourth-order valence-corrected chi connectivity index (χ4v) is 2.08. The third-order valence-electron chi connectivity index (χ3n) is 2.95. The first-order valence-electron chi connectivity index (χ1n) is 6.47. The second-order valence-electron chi connectivity index (χ2n) is 4.54. The maximum absolute atomic E-state index is 11.9. The molecule has 20 heavy (non-hydrogen) atoms. The highest BCUT2D eigenvalue weighted by atomic mass is 35.5. The van der Waals surface area contributed by atoms with E-state index in [-0.39, 0.29) is 11.7 Å². The van der Waals surface area contributed by atoms with Crippen LogP contribution < -0.4 is 5.32 Å². The van der Waals surface area contributed by atoms with Crippen molar-refractivity contribution in [2.45, 2.75) is 12.8 Å². The number of carbonyl (C=O) groups is 1. The van der Waals surface area contributed by atoms with E-state index in [4.69, 9.17) is 11.6 Å². The zero-order valence-electron chi connectivity index (χ0n) is 11.0. The summed E-state index contributed by atoms with van der Waals surface area (Å²) in [5.41, 5.74) is 1.71. The average Bonchev–Trinajstić information content (AvgIpc) is 2.45. The lowest BCUT2D eigenvalue weighted by atomic mass is 10.1. The van der Waals surface area contributed by atoms with Crippen LogP contribution in [0.25, 0.3) is 0 Å². The minimum atomic E-state index is -0.113. The number of halogens is 1.